The van der Waals surface area contributed by atoms with E-state index in [1.54, 1.807) is 0 Å². The van der Waals surface area contributed by atoms with E-state index in [2.05, 4.69) is 179 Å². The van der Waals surface area contributed by atoms with Crippen molar-refractivity contribution in [2.75, 3.05) is 0 Å². The van der Waals surface area contributed by atoms with Gasteiger partial charge in [-0.05, 0) is 126 Å². The Morgan fingerprint density at radius 1 is 0.491 bits per heavy atom. The molecule has 0 saturated heterocycles. The summed E-state index contributed by atoms with van der Waals surface area (Å²) in [6.45, 7) is 8.83. The lowest BCUT2D eigenvalue weighted by Crippen LogP contribution is -1.97. The Morgan fingerprint density at radius 2 is 1.16 bits per heavy atom. The second-order valence-corrected chi connectivity index (χ2v) is 15.6. The van der Waals surface area contributed by atoms with E-state index in [1.807, 2.05) is 29.5 Å². The largest absolute Gasteiger partial charge is 0.228 e. The zero-order valence-electron chi connectivity index (χ0n) is 31.5. The van der Waals surface area contributed by atoms with Gasteiger partial charge in [0.15, 0.2) is 5.82 Å². The van der Waals surface area contributed by atoms with E-state index in [0.29, 0.717) is 5.82 Å². The van der Waals surface area contributed by atoms with E-state index in [0.717, 1.165) is 39.2 Å². The minimum atomic E-state index is 0.706. The zero-order valence-corrected chi connectivity index (χ0v) is 32.3. The van der Waals surface area contributed by atoms with Gasteiger partial charge in [0, 0.05) is 36.9 Å². The molecule has 3 heteroatoms. The first-order valence-corrected chi connectivity index (χ1v) is 19.6. The Balaban J connectivity index is 1.26. The average Bonchev–Trinajstić information content (AvgIpc) is 3.61. The van der Waals surface area contributed by atoms with Crippen LogP contribution in [0.2, 0.25) is 0 Å². The number of allylic oxidation sites excluding steroid dienone is 4. The van der Waals surface area contributed by atoms with Crippen LogP contribution in [-0.4, -0.2) is 9.97 Å². The van der Waals surface area contributed by atoms with Gasteiger partial charge < -0.3 is 0 Å². The summed E-state index contributed by atoms with van der Waals surface area (Å²) in [5, 5.41) is 4.98. The summed E-state index contributed by atoms with van der Waals surface area (Å²) in [6, 6.07) is 58.8. The second-order valence-electron chi connectivity index (χ2n) is 14.6. The van der Waals surface area contributed by atoms with Crippen LogP contribution in [0, 0.1) is 6.92 Å². The highest BCUT2D eigenvalue weighted by Crippen LogP contribution is 2.39. The van der Waals surface area contributed by atoms with Gasteiger partial charge in [0.05, 0.1) is 11.4 Å². The summed E-state index contributed by atoms with van der Waals surface area (Å²) < 4.78 is 2.61. The summed E-state index contributed by atoms with van der Waals surface area (Å²) >= 11 is 1.85. The van der Waals surface area contributed by atoms with E-state index in [9.17, 15) is 0 Å². The fraction of sp³-hybridized carbons (Fsp3) is 0.0769. The van der Waals surface area contributed by atoms with Crippen molar-refractivity contribution in [3.8, 4) is 45.0 Å². The number of thiophene rings is 1. The summed E-state index contributed by atoms with van der Waals surface area (Å²) in [4.78, 5) is 10.5. The highest BCUT2D eigenvalue weighted by Gasteiger charge is 2.16. The van der Waals surface area contributed by atoms with Gasteiger partial charge in [-0.2, -0.15) is 0 Å². The molecule has 0 fully saturated rings. The standard InChI is InChI=1S/C52H40N2S/c1-33(2)46(44-19-11-8-14-34(44)3)26-35(4)41-28-42(39-24-25-51-47(31-39)45-20-12-13-21-50(45)55-51)30-43(29-41)49-32-48(53-52(54-49)37-16-6-5-7-17-37)40-23-22-36-15-9-10-18-38(36)27-40/h5-32H,1-4H3/b35-26+. The highest BCUT2D eigenvalue weighted by atomic mass is 32.1. The summed E-state index contributed by atoms with van der Waals surface area (Å²) in [5.41, 5.74) is 14.6. The van der Waals surface area contributed by atoms with Gasteiger partial charge in [-0.15, -0.1) is 11.3 Å². The molecule has 2 aromatic heterocycles. The van der Waals surface area contributed by atoms with Crippen LogP contribution < -0.4 is 0 Å². The number of hydrogen-bond acceptors (Lipinski definition) is 3. The zero-order chi connectivity index (χ0) is 37.5. The van der Waals surface area contributed by atoms with Crippen molar-refractivity contribution in [2.45, 2.75) is 27.7 Å². The molecule has 0 aliphatic rings. The molecule has 0 atom stereocenters. The monoisotopic (exact) mass is 724 g/mol. The van der Waals surface area contributed by atoms with Gasteiger partial charge in [-0.1, -0.05) is 127 Å². The molecule has 0 aliphatic heterocycles. The summed E-state index contributed by atoms with van der Waals surface area (Å²) in [7, 11) is 0. The number of aromatic nitrogens is 2. The molecule has 2 heterocycles. The van der Waals surface area contributed by atoms with E-state index in [4.69, 9.17) is 9.97 Å². The Hall–Kier alpha value is -6.42. The van der Waals surface area contributed by atoms with Crippen LogP contribution in [-0.2, 0) is 0 Å². The lowest BCUT2D eigenvalue weighted by atomic mass is 9.91. The third-order valence-electron chi connectivity index (χ3n) is 10.5. The molecule has 264 valence electrons. The fourth-order valence-electron chi connectivity index (χ4n) is 7.55. The van der Waals surface area contributed by atoms with Crippen LogP contribution in [0.1, 0.15) is 37.5 Å². The number of nitrogens with zero attached hydrogens (tertiary/aromatic N) is 2. The first kappa shape index (κ1) is 34.4. The topological polar surface area (TPSA) is 25.8 Å². The lowest BCUT2D eigenvalue weighted by Gasteiger charge is -2.15. The SMILES string of the molecule is CC(C)=C(/C=C(\C)c1cc(-c2ccc3sc4ccccc4c3c2)cc(-c2cc(-c3ccc4ccccc4c3)nc(-c3ccccc3)n2)c1)c1ccccc1C. The predicted octanol–water partition coefficient (Wildman–Crippen LogP) is 14.9. The number of hydrogen-bond donors (Lipinski definition) is 0. The van der Waals surface area contributed by atoms with Gasteiger partial charge in [0.25, 0.3) is 0 Å². The molecule has 9 aromatic rings. The molecule has 0 N–H and O–H groups in total. The molecule has 55 heavy (non-hydrogen) atoms. The van der Waals surface area contributed by atoms with Crippen molar-refractivity contribution >= 4 is 53.4 Å². The minimum absolute atomic E-state index is 0.706. The maximum Gasteiger partial charge on any atom is 0.160 e. The Morgan fingerprint density at radius 3 is 1.98 bits per heavy atom. The predicted molar refractivity (Wildman–Crippen MR) is 237 cm³/mol. The van der Waals surface area contributed by atoms with Gasteiger partial charge in [0.1, 0.15) is 0 Å². The number of aryl methyl sites for hydroxylation is 1. The molecule has 0 unspecified atom stereocenters. The van der Waals surface area contributed by atoms with Crippen molar-refractivity contribution in [3.05, 3.63) is 192 Å². The first-order chi connectivity index (χ1) is 26.9. The van der Waals surface area contributed by atoms with Crippen molar-refractivity contribution < 1.29 is 0 Å². The van der Waals surface area contributed by atoms with Crippen LogP contribution in [0.5, 0.6) is 0 Å². The maximum absolute atomic E-state index is 5.29. The number of fused-ring (bicyclic) bond motifs is 4. The smallest absolute Gasteiger partial charge is 0.160 e. The van der Waals surface area contributed by atoms with Gasteiger partial charge >= 0.3 is 0 Å². The van der Waals surface area contributed by atoms with Crippen LogP contribution in [0.4, 0.5) is 0 Å². The van der Waals surface area contributed by atoms with Crippen molar-refractivity contribution in [3.63, 3.8) is 0 Å². The molecule has 0 aliphatic carbocycles. The van der Waals surface area contributed by atoms with Gasteiger partial charge in [-0.25, -0.2) is 9.97 Å². The molecule has 0 radical (unpaired) electrons. The Labute approximate surface area is 326 Å². The highest BCUT2D eigenvalue weighted by molar-refractivity contribution is 7.25. The average molecular weight is 725 g/mol. The van der Waals surface area contributed by atoms with Gasteiger partial charge in [0.2, 0.25) is 0 Å². The van der Waals surface area contributed by atoms with Crippen molar-refractivity contribution in [1.82, 2.24) is 9.97 Å². The van der Waals surface area contributed by atoms with Crippen LogP contribution in [0.3, 0.4) is 0 Å². The molecule has 0 spiro atoms. The third-order valence-corrected chi connectivity index (χ3v) is 11.7. The number of benzene rings is 7. The van der Waals surface area contributed by atoms with E-state index in [1.165, 1.54) is 64.4 Å². The Bertz CT molecular complexity index is 2960. The molecule has 0 bridgehead atoms. The quantitative estimate of drug-likeness (QED) is 0.153. The summed E-state index contributed by atoms with van der Waals surface area (Å²) in [6.07, 6.45) is 2.35. The fourth-order valence-corrected chi connectivity index (χ4v) is 8.64. The third kappa shape index (κ3) is 6.80. The Kier molecular flexibility index (Phi) is 9.01. The second kappa shape index (κ2) is 14.4. The molecule has 0 saturated carbocycles. The first-order valence-electron chi connectivity index (χ1n) is 18.8. The molecule has 7 aromatic carbocycles. The molecular formula is C52H40N2S. The lowest BCUT2D eigenvalue weighted by molar-refractivity contribution is 1.18. The minimum Gasteiger partial charge on any atom is -0.228 e. The summed E-state index contributed by atoms with van der Waals surface area (Å²) in [5.74, 6) is 0.706. The van der Waals surface area contributed by atoms with E-state index in [-0.39, 0.29) is 0 Å². The molecule has 0 amide bonds. The maximum atomic E-state index is 5.29. The van der Waals surface area contributed by atoms with Crippen LogP contribution in [0.15, 0.2) is 175 Å². The molecular weight excluding hydrogens is 685 g/mol. The van der Waals surface area contributed by atoms with E-state index < -0.39 is 0 Å². The van der Waals surface area contributed by atoms with Crippen LogP contribution >= 0.6 is 11.3 Å². The van der Waals surface area contributed by atoms with Crippen molar-refractivity contribution in [2.24, 2.45) is 0 Å². The van der Waals surface area contributed by atoms with E-state index >= 15 is 0 Å². The molecule has 9 rings (SSSR count). The normalized spacial score (nSPS) is 11.7. The van der Waals surface area contributed by atoms with Crippen LogP contribution in [0.25, 0.3) is 87.1 Å². The van der Waals surface area contributed by atoms with Crippen molar-refractivity contribution in [1.29, 1.82) is 0 Å². The number of rotatable bonds is 7. The van der Waals surface area contributed by atoms with Gasteiger partial charge in [-0.3, -0.25) is 0 Å². The molecule has 2 nitrogen and oxygen atoms in total.